The highest BCUT2D eigenvalue weighted by atomic mass is 16.6. The molecule has 0 spiro atoms. The normalized spacial score (nSPS) is 25.5. The van der Waals surface area contributed by atoms with Crippen molar-refractivity contribution in [1.29, 1.82) is 0 Å². The molecule has 1 saturated heterocycles. The molecular weight excluding hydrogens is 416 g/mol. The number of hydrogen-bond donors (Lipinski definition) is 6. The smallest absolute Gasteiger partial charge is 0.303 e. The zero-order valence-electron chi connectivity index (χ0n) is 19.6. The van der Waals surface area contributed by atoms with Crippen LogP contribution in [0.4, 0.5) is 0 Å². The molecule has 0 aromatic heterocycles. The second kappa shape index (κ2) is 20.6. The summed E-state index contributed by atoms with van der Waals surface area (Å²) in [4.78, 5) is 10.3. The van der Waals surface area contributed by atoms with Crippen molar-refractivity contribution >= 4 is 5.97 Å². The lowest BCUT2D eigenvalue weighted by atomic mass is 10.00. The van der Waals surface area contributed by atoms with E-state index in [1.807, 2.05) is 0 Å². The van der Waals surface area contributed by atoms with Crippen molar-refractivity contribution in [3.05, 3.63) is 12.2 Å². The predicted molar refractivity (Wildman–Crippen MR) is 123 cm³/mol. The molecule has 1 fully saturated rings. The predicted octanol–water partition coefficient (Wildman–Crippen LogP) is 2.89. The standard InChI is InChI=1S/C18H34O2.C6H12O6/c1-2-3-4-5-6-7-8-9-10-11-12-13-14-15-16-17-18(19)20;7-1-2-3(8)4(9)5(10)6(11)12-2/h9-10H,2-8,11-17H2,1H3,(H,19,20);2-11H,1H2/b10-9-;/t;2-,3-,4+,5-,6?/m.1/s1. The quantitative estimate of drug-likeness (QED) is 0.152. The Hall–Kier alpha value is -1.03. The van der Waals surface area contributed by atoms with E-state index in [0.717, 1.165) is 12.8 Å². The first-order valence-electron chi connectivity index (χ1n) is 12.2. The van der Waals surface area contributed by atoms with E-state index in [4.69, 9.17) is 30.6 Å². The zero-order chi connectivity index (χ0) is 24.2. The summed E-state index contributed by atoms with van der Waals surface area (Å²) in [6, 6.07) is 0. The first-order valence-corrected chi connectivity index (χ1v) is 12.2. The van der Waals surface area contributed by atoms with Gasteiger partial charge in [0.1, 0.15) is 24.4 Å². The van der Waals surface area contributed by atoms with E-state index in [0.29, 0.717) is 6.42 Å². The number of rotatable bonds is 16. The van der Waals surface area contributed by atoms with Crippen LogP contribution in [-0.2, 0) is 9.53 Å². The molecule has 6 N–H and O–H groups in total. The maximum absolute atomic E-state index is 10.3. The van der Waals surface area contributed by atoms with Gasteiger partial charge < -0.3 is 35.4 Å². The van der Waals surface area contributed by atoms with Gasteiger partial charge in [0.15, 0.2) is 6.29 Å². The van der Waals surface area contributed by atoms with Crippen LogP contribution in [0.3, 0.4) is 0 Å². The summed E-state index contributed by atoms with van der Waals surface area (Å²) >= 11 is 0. The fourth-order valence-corrected chi connectivity index (χ4v) is 3.43. The van der Waals surface area contributed by atoms with Gasteiger partial charge in [0.2, 0.25) is 0 Å². The number of carboxylic acids is 1. The van der Waals surface area contributed by atoms with Gasteiger partial charge in [0, 0.05) is 6.42 Å². The Labute approximate surface area is 192 Å². The molecule has 0 amide bonds. The van der Waals surface area contributed by atoms with Gasteiger partial charge in [-0.15, -0.1) is 0 Å². The average Bonchev–Trinajstić information content (AvgIpc) is 2.77. The van der Waals surface area contributed by atoms with Crippen LogP contribution in [0, 0.1) is 0 Å². The van der Waals surface area contributed by atoms with Crippen LogP contribution in [0.5, 0.6) is 0 Å². The van der Waals surface area contributed by atoms with Crippen molar-refractivity contribution in [3.8, 4) is 0 Å². The molecule has 8 heteroatoms. The summed E-state index contributed by atoms with van der Waals surface area (Å²) in [5.74, 6) is -0.664. The minimum absolute atomic E-state index is 0.332. The van der Waals surface area contributed by atoms with Gasteiger partial charge in [0.05, 0.1) is 6.61 Å². The van der Waals surface area contributed by atoms with Gasteiger partial charge in [-0.25, -0.2) is 0 Å². The Morgan fingerprint density at radius 1 is 0.750 bits per heavy atom. The van der Waals surface area contributed by atoms with Gasteiger partial charge >= 0.3 is 5.97 Å². The Morgan fingerprint density at radius 3 is 1.75 bits per heavy atom. The number of carbonyl (C=O) groups is 1. The molecule has 1 rings (SSSR count). The molecule has 8 nitrogen and oxygen atoms in total. The summed E-state index contributed by atoms with van der Waals surface area (Å²) < 4.78 is 4.58. The molecule has 32 heavy (non-hydrogen) atoms. The highest BCUT2D eigenvalue weighted by molar-refractivity contribution is 5.66. The molecular formula is C24H46O8. The summed E-state index contributed by atoms with van der Waals surface area (Å²) in [6.45, 7) is 1.73. The number of unbranched alkanes of at least 4 members (excludes halogenated alkanes) is 11. The van der Waals surface area contributed by atoms with Crippen LogP contribution in [0.1, 0.15) is 96.8 Å². The molecule has 1 aliphatic heterocycles. The fraction of sp³-hybridized carbons (Fsp3) is 0.875. The van der Waals surface area contributed by atoms with E-state index < -0.39 is 43.3 Å². The van der Waals surface area contributed by atoms with Crippen LogP contribution < -0.4 is 0 Å². The molecule has 0 aromatic carbocycles. The van der Waals surface area contributed by atoms with E-state index in [-0.39, 0.29) is 0 Å². The van der Waals surface area contributed by atoms with Crippen LogP contribution >= 0.6 is 0 Å². The van der Waals surface area contributed by atoms with Crippen molar-refractivity contribution in [2.24, 2.45) is 0 Å². The lowest BCUT2D eigenvalue weighted by molar-refractivity contribution is -0.286. The van der Waals surface area contributed by atoms with E-state index in [1.165, 1.54) is 70.6 Å². The van der Waals surface area contributed by atoms with E-state index >= 15 is 0 Å². The number of carboxylic acid groups (broad SMARTS) is 1. The average molecular weight is 463 g/mol. The van der Waals surface area contributed by atoms with E-state index in [9.17, 15) is 4.79 Å². The third kappa shape index (κ3) is 15.7. The van der Waals surface area contributed by atoms with Crippen LogP contribution in [0.2, 0.25) is 0 Å². The molecule has 0 aliphatic carbocycles. The number of hydrogen-bond acceptors (Lipinski definition) is 7. The lowest BCUT2D eigenvalue weighted by Gasteiger charge is -2.37. The second-order valence-electron chi connectivity index (χ2n) is 8.45. The summed E-state index contributed by atoms with van der Waals surface area (Å²) in [7, 11) is 0. The van der Waals surface area contributed by atoms with Crippen molar-refractivity contribution in [1.82, 2.24) is 0 Å². The molecule has 1 heterocycles. The number of aliphatic hydroxyl groups excluding tert-OH is 5. The molecule has 1 unspecified atom stereocenters. The third-order valence-corrected chi connectivity index (χ3v) is 5.52. The van der Waals surface area contributed by atoms with Gasteiger partial charge in [-0.2, -0.15) is 0 Å². The summed E-state index contributed by atoms with van der Waals surface area (Å²) in [5.41, 5.74) is 0. The molecule has 0 radical (unpaired) electrons. The first-order chi connectivity index (χ1) is 15.3. The van der Waals surface area contributed by atoms with Crippen LogP contribution in [-0.4, -0.2) is 73.9 Å². The topological polar surface area (TPSA) is 148 Å². The van der Waals surface area contributed by atoms with E-state index in [2.05, 4.69) is 23.8 Å². The third-order valence-electron chi connectivity index (χ3n) is 5.52. The molecule has 1 aliphatic rings. The van der Waals surface area contributed by atoms with Gasteiger partial charge in [-0.1, -0.05) is 70.4 Å². The van der Waals surface area contributed by atoms with Crippen molar-refractivity contribution in [2.45, 2.75) is 128 Å². The minimum atomic E-state index is -1.57. The zero-order valence-corrected chi connectivity index (χ0v) is 19.6. The highest BCUT2D eigenvalue weighted by Crippen LogP contribution is 2.19. The lowest BCUT2D eigenvalue weighted by Crippen LogP contribution is -2.58. The maximum atomic E-state index is 10.3. The monoisotopic (exact) mass is 462 g/mol. The highest BCUT2D eigenvalue weighted by Gasteiger charge is 2.42. The first kappa shape index (κ1) is 31.0. The number of allylic oxidation sites excluding steroid dienone is 2. The Morgan fingerprint density at radius 2 is 1.25 bits per heavy atom. The molecule has 0 aromatic rings. The number of aliphatic hydroxyl groups is 5. The second-order valence-corrected chi connectivity index (χ2v) is 8.45. The largest absolute Gasteiger partial charge is 0.481 e. The van der Waals surface area contributed by atoms with Crippen LogP contribution in [0.15, 0.2) is 12.2 Å². The Bertz CT molecular complexity index is 466. The summed E-state index contributed by atoms with van der Waals surface area (Å²) in [5, 5.41) is 53.2. The number of aliphatic carboxylic acids is 1. The SMILES string of the molecule is CCCCCCCC/C=C\CCCCCCCC(=O)O.OC[C@H]1OC(O)[C@H](O)[C@@H](O)[C@@H]1O. The number of ether oxygens (including phenoxy) is 1. The van der Waals surface area contributed by atoms with Gasteiger partial charge in [-0.3, -0.25) is 4.79 Å². The van der Waals surface area contributed by atoms with Crippen molar-refractivity contribution in [3.63, 3.8) is 0 Å². The molecule has 0 saturated carbocycles. The van der Waals surface area contributed by atoms with E-state index in [1.54, 1.807) is 0 Å². The van der Waals surface area contributed by atoms with Crippen molar-refractivity contribution in [2.75, 3.05) is 6.61 Å². The minimum Gasteiger partial charge on any atom is -0.481 e. The Balaban J connectivity index is 0.000000677. The van der Waals surface area contributed by atoms with Crippen LogP contribution in [0.25, 0.3) is 0 Å². The fourth-order valence-electron chi connectivity index (χ4n) is 3.43. The van der Waals surface area contributed by atoms with Gasteiger partial charge in [0.25, 0.3) is 0 Å². The Kier molecular flexibility index (Phi) is 19.9. The maximum Gasteiger partial charge on any atom is 0.303 e. The molecule has 5 atom stereocenters. The molecule has 190 valence electrons. The summed E-state index contributed by atoms with van der Waals surface area (Å²) in [6.07, 6.45) is 14.2. The van der Waals surface area contributed by atoms with Crippen molar-refractivity contribution < 1.29 is 40.2 Å². The van der Waals surface area contributed by atoms with Gasteiger partial charge in [-0.05, 0) is 32.1 Å². The molecule has 0 bridgehead atoms.